The number of alkyl halides is 1. The monoisotopic (exact) mass is 263 g/mol. The summed E-state index contributed by atoms with van der Waals surface area (Å²) in [5, 5.41) is -0.279. The Balaban J connectivity index is 2.51. The molecule has 0 aliphatic rings. The second kappa shape index (κ2) is 4.39. The molecular formula is C10H5Cl2F2NO. The number of hydrogen-bond acceptors (Lipinski definition) is 2. The maximum absolute atomic E-state index is 13.5. The van der Waals surface area contributed by atoms with Gasteiger partial charge in [0.2, 0.25) is 5.89 Å². The molecule has 84 valence electrons. The highest BCUT2D eigenvalue weighted by molar-refractivity contribution is 6.30. The Morgan fingerprint density at radius 2 is 2.00 bits per heavy atom. The van der Waals surface area contributed by atoms with Crippen LogP contribution in [-0.2, 0) is 5.88 Å². The molecule has 0 aliphatic heterocycles. The van der Waals surface area contributed by atoms with Gasteiger partial charge in [0.1, 0.15) is 11.6 Å². The summed E-state index contributed by atoms with van der Waals surface area (Å²) in [7, 11) is 0. The number of hydrogen-bond donors (Lipinski definition) is 0. The standard InChI is InChI=1S/C10H5Cl2F2NO/c11-3-10-15-4-9(16-10)5-1-8(14)6(12)2-7(5)13/h1-2,4H,3H2. The van der Waals surface area contributed by atoms with E-state index in [4.69, 9.17) is 27.6 Å². The SMILES string of the molecule is Fc1cc(-c2cnc(CCl)o2)c(F)cc1Cl. The highest BCUT2D eigenvalue weighted by Gasteiger charge is 2.14. The first-order chi connectivity index (χ1) is 7.61. The Labute approximate surface area is 99.8 Å². The van der Waals surface area contributed by atoms with E-state index in [0.29, 0.717) is 0 Å². The Morgan fingerprint density at radius 1 is 1.25 bits per heavy atom. The van der Waals surface area contributed by atoms with E-state index < -0.39 is 11.6 Å². The fraction of sp³-hybridized carbons (Fsp3) is 0.100. The van der Waals surface area contributed by atoms with E-state index in [1.54, 1.807) is 0 Å². The summed E-state index contributed by atoms with van der Waals surface area (Å²) in [5.74, 6) is -0.974. The van der Waals surface area contributed by atoms with E-state index in [0.717, 1.165) is 12.1 Å². The average Bonchev–Trinajstić information content (AvgIpc) is 2.71. The van der Waals surface area contributed by atoms with Crippen LogP contribution in [-0.4, -0.2) is 4.98 Å². The first kappa shape index (κ1) is 11.4. The molecule has 1 aromatic heterocycles. The average molecular weight is 264 g/mol. The molecule has 0 spiro atoms. The third-order valence-electron chi connectivity index (χ3n) is 1.94. The lowest BCUT2D eigenvalue weighted by Crippen LogP contribution is -1.86. The molecule has 0 amide bonds. The minimum atomic E-state index is -0.720. The van der Waals surface area contributed by atoms with Crippen molar-refractivity contribution in [2.24, 2.45) is 0 Å². The third kappa shape index (κ3) is 2.03. The van der Waals surface area contributed by atoms with E-state index in [2.05, 4.69) is 4.98 Å². The van der Waals surface area contributed by atoms with Crippen LogP contribution < -0.4 is 0 Å². The summed E-state index contributed by atoms with van der Waals surface area (Å²) >= 11 is 10.9. The molecule has 0 saturated heterocycles. The number of halogens is 4. The minimum Gasteiger partial charge on any atom is -0.439 e. The number of nitrogens with zero attached hydrogens (tertiary/aromatic N) is 1. The van der Waals surface area contributed by atoms with Crippen molar-refractivity contribution in [1.82, 2.24) is 4.98 Å². The van der Waals surface area contributed by atoms with Crippen molar-refractivity contribution in [3.63, 3.8) is 0 Å². The number of benzene rings is 1. The largest absolute Gasteiger partial charge is 0.439 e. The van der Waals surface area contributed by atoms with Crippen molar-refractivity contribution < 1.29 is 13.2 Å². The fourth-order valence-corrected chi connectivity index (χ4v) is 1.48. The van der Waals surface area contributed by atoms with E-state index in [1.165, 1.54) is 6.20 Å². The smallest absolute Gasteiger partial charge is 0.209 e. The molecule has 2 rings (SSSR count). The van der Waals surface area contributed by atoms with E-state index in [1.807, 2.05) is 0 Å². The summed E-state index contributed by atoms with van der Waals surface area (Å²) in [4.78, 5) is 3.78. The molecule has 0 bridgehead atoms. The van der Waals surface area contributed by atoms with Crippen molar-refractivity contribution in [2.45, 2.75) is 5.88 Å². The number of aromatic nitrogens is 1. The summed E-state index contributed by atoms with van der Waals surface area (Å²) in [5.41, 5.74) is -0.0363. The van der Waals surface area contributed by atoms with Crippen LogP contribution in [0, 0.1) is 11.6 Å². The first-order valence-electron chi connectivity index (χ1n) is 4.27. The second-order valence-corrected chi connectivity index (χ2v) is 3.67. The van der Waals surface area contributed by atoms with Crippen LogP contribution in [0.15, 0.2) is 22.7 Å². The quantitative estimate of drug-likeness (QED) is 0.605. The van der Waals surface area contributed by atoms with Crippen LogP contribution in [0.3, 0.4) is 0 Å². The van der Waals surface area contributed by atoms with Gasteiger partial charge in [0.25, 0.3) is 0 Å². The van der Waals surface area contributed by atoms with Crippen molar-refractivity contribution in [2.75, 3.05) is 0 Å². The molecule has 1 aromatic carbocycles. The van der Waals surface area contributed by atoms with Gasteiger partial charge in [-0.25, -0.2) is 13.8 Å². The van der Waals surface area contributed by atoms with E-state index in [-0.39, 0.29) is 28.1 Å². The predicted molar refractivity (Wildman–Crippen MR) is 56.4 cm³/mol. The van der Waals surface area contributed by atoms with Crippen LogP contribution in [0.1, 0.15) is 5.89 Å². The Bertz CT molecular complexity index is 528. The maximum Gasteiger partial charge on any atom is 0.209 e. The fourth-order valence-electron chi connectivity index (χ4n) is 1.21. The van der Waals surface area contributed by atoms with Gasteiger partial charge in [-0.2, -0.15) is 0 Å². The molecule has 16 heavy (non-hydrogen) atoms. The molecule has 1 heterocycles. The van der Waals surface area contributed by atoms with Crippen molar-refractivity contribution in [3.05, 3.63) is 40.9 Å². The summed E-state index contributed by atoms with van der Waals surface area (Å²) in [6.07, 6.45) is 1.28. The number of oxazole rings is 1. The van der Waals surface area contributed by atoms with Gasteiger partial charge in [0.05, 0.1) is 22.7 Å². The van der Waals surface area contributed by atoms with Crippen LogP contribution in [0.4, 0.5) is 8.78 Å². The van der Waals surface area contributed by atoms with Crippen LogP contribution in [0.5, 0.6) is 0 Å². The van der Waals surface area contributed by atoms with Gasteiger partial charge in [0, 0.05) is 0 Å². The lowest BCUT2D eigenvalue weighted by atomic mass is 10.1. The van der Waals surface area contributed by atoms with Gasteiger partial charge >= 0.3 is 0 Å². The van der Waals surface area contributed by atoms with Crippen molar-refractivity contribution in [1.29, 1.82) is 0 Å². The molecule has 0 N–H and O–H groups in total. The molecule has 6 heteroatoms. The molecule has 2 nitrogen and oxygen atoms in total. The first-order valence-corrected chi connectivity index (χ1v) is 5.18. The van der Waals surface area contributed by atoms with Gasteiger partial charge in [-0.3, -0.25) is 0 Å². The van der Waals surface area contributed by atoms with Gasteiger partial charge in [-0.05, 0) is 12.1 Å². The third-order valence-corrected chi connectivity index (χ3v) is 2.46. The molecule has 0 radical (unpaired) electrons. The molecule has 0 atom stereocenters. The van der Waals surface area contributed by atoms with Gasteiger partial charge in [-0.1, -0.05) is 11.6 Å². The Hall–Kier alpha value is -1.13. The maximum atomic E-state index is 13.5. The van der Waals surface area contributed by atoms with Gasteiger partial charge < -0.3 is 4.42 Å². The normalized spacial score (nSPS) is 10.8. The van der Waals surface area contributed by atoms with Crippen molar-refractivity contribution >= 4 is 23.2 Å². The molecule has 0 unspecified atom stereocenters. The van der Waals surface area contributed by atoms with E-state index >= 15 is 0 Å². The topological polar surface area (TPSA) is 26.0 Å². The van der Waals surface area contributed by atoms with Gasteiger partial charge in [-0.15, -0.1) is 11.6 Å². The van der Waals surface area contributed by atoms with Crippen LogP contribution >= 0.6 is 23.2 Å². The molecule has 0 saturated carbocycles. The summed E-state index contributed by atoms with van der Waals surface area (Å²) in [6.45, 7) is 0. The molecule has 2 aromatic rings. The van der Waals surface area contributed by atoms with E-state index in [9.17, 15) is 8.78 Å². The van der Waals surface area contributed by atoms with Crippen molar-refractivity contribution in [3.8, 4) is 11.3 Å². The zero-order chi connectivity index (χ0) is 11.7. The highest BCUT2D eigenvalue weighted by Crippen LogP contribution is 2.28. The minimum absolute atomic E-state index is 0.0363. The highest BCUT2D eigenvalue weighted by atomic mass is 35.5. The zero-order valence-electron chi connectivity index (χ0n) is 7.81. The summed E-state index contributed by atoms with van der Waals surface area (Å²) < 4.78 is 31.7. The zero-order valence-corrected chi connectivity index (χ0v) is 9.32. The second-order valence-electron chi connectivity index (χ2n) is 3.00. The molecule has 0 aliphatic carbocycles. The Morgan fingerprint density at radius 3 is 2.62 bits per heavy atom. The summed E-state index contributed by atoms with van der Waals surface area (Å²) in [6, 6.07) is 1.84. The Kier molecular flexibility index (Phi) is 3.12. The number of rotatable bonds is 2. The predicted octanol–water partition coefficient (Wildman–Crippen LogP) is 4.01. The van der Waals surface area contributed by atoms with Crippen LogP contribution in [0.25, 0.3) is 11.3 Å². The molecule has 0 fully saturated rings. The lowest BCUT2D eigenvalue weighted by molar-refractivity contribution is 0.521. The van der Waals surface area contributed by atoms with Gasteiger partial charge in [0.15, 0.2) is 5.76 Å². The lowest BCUT2D eigenvalue weighted by Gasteiger charge is -2.00. The van der Waals surface area contributed by atoms with Crippen LogP contribution in [0.2, 0.25) is 5.02 Å². The molecular weight excluding hydrogens is 259 g/mol.